The fourth-order valence-electron chi connectivity index (χ4n) is 1.47. The summed E-state index contributed by atoms with van der Waals surface area (Å²) in [5.74, 6) is 0. The Balaban J connectivity index is 2.94. The Hall–Kier alpha value is -1.49. The van der Waals surface area contributed by atoms with Crippen LogP contribution in [0.5, 0.6) is 0 Å². The number of pyridine rings is 1. The van der Waals surface area contributed by atoms with Gasteiger partial charge in [-0.3, -0.25) is 10.1 Å². The van der Waals surface area contributed by atoms with Crippen molar-refractivity contribution in [1.29, 1.82) is 0 Å². The van der Waals surface area contributed by atoms with Gasteiger partial charge in [-0.2, -0.15) is 0 Å². The zero-order chi connectivity index (χ0) is 11.0. The van der Waals surface area contributed by atoms with Gasteiger partial charge >= 0.3 is 0 Å². The number of aromatic nitrogens is 1. The molecule has 1 aromatic carbocycles. The molecule has 0 spiro atoms. The highest BCUT2D eigenvalue weighted by Crippen LogP contribution is 2.32. The smallest absolute Gasteiger partial charge is 0.258 e. The Kier molecular flexibility index (Phi) is 2.40. The van der Waals surface area contributed by atoms with E-state index < -0.39 is 4.92 Å². The maximum absolute atomic E-state index is 10.8. The molecule has 1 heterocycles. The first-order valence-corrected chi connectivity index (χ1v) is 5.09. The first kappa shape index (κ1) is 10.0. The summed E-state index contributed by atoms with van der Waals surface area (Å²) in [6.07, 6.45) is 1.55. The third kappa shape index (κ3) is 1.59. The maximum atomic E-state index is 10.8. The Labute approximate surface area is 94.2 Å². The monoisotopic (exact) mass is 266 g/mol. The molecule has 76 valence electrons. The van der Waals surface area contributed by atoms with E-state index in [0.717, 1.165) is 15.4 Å². The number of halogens is 1. The average molecular weight is 267 g/mol. The molecular formula is C10H7BrN2O2. The lowest BCUT2D eigenvalue weighted by atomic mass is 10.1. The number of nitrogens with zero attached hydrogens (tertiary/aromatic N) is 2. The molecule has 0 aliphatic heterocycles. The van der Waals surface area contributed by atoms with Crippen LogP contribution in [0.15, 0.2) is 28.9 Å². The van der Waals surface area contributed by atoms with Crippen molar-refractivity contribution >= 4 is 32.5 Å². The topological polar surface area (TPSA) is 56.0 Å². The van der Waals surface area contributed by atoms with Crippen molar-refractivity contribution in [3.8, 4) is 0 Å². The van der Waals surface area contributed by atoms with Gasteiger partial charge in [0.05, 0.1) is 4.92 Å². The largest absolute Gasteiger partial charge is 0.295 e. The van der Waals surface area contributed by atoms with Crippen LogP contribution in [-0.4, -0.2) is 9.91 Å². The van der Waals surface area contributed by atoms with E-state index >= 15 is 0 Å². The van der Waals surface area contributed by atoms with Gasteiger partial charge in [-0.15, -0.1) is 0 Å². The Morgan fingerprint density at radius 2 is 2.27 bits per heavy atom. The minimum atomic E-state index is -0.408. The molecule has 0 amide bonds. The molecule has 0 N–H and O–H groups in total. The van der Waals surface area contributed by atoms with E-state index in [0.29, 0.717) is 5.52 Å². The van der Waals surface area contributed by atoms with Crippen LogP contribution in [0.1, 0.15) is 5.56 Å². The number of hydrogen-bond donors (Lipinski definition) is 0. The molecule has 0 aliphatic carbocycles. The summed E-state index contributed by atoms with van der Waals surface area (Å²) in [7, 11) is 0. The molecule has 2 rings (SSSR count). The molecule has 15 heavy (non-hydrogen) atoms. The maximum Gasteiger partial charge on any atom is 0.295 e. The second kappa shape index (κ2) is 3.58. The molecule has 4 nitrogen and oxygen atoms in total. The third-order valence-corrected chi connectivity index (χ3v) is 3.24. The van der Waals surface area contributed by atoms with E-state index in [2.05, 4.69) is 20.9 Å². The number of rotatable bonds is 1. The predicted molar refractivity (Wildman–Crippen MR) is 60.8 cm³/mol. The highest BCUT2D eigenvalue weighted by atomic mass is 79.9. The molecule has 0 fully saturated rings. The van der Waals surface area contributed by atoms with E-state index in [4.69, 9.17) is 0 Å². The van der Waals surface area contributed by atoms with Crippen LogP contribution in [0.3, 0.4) is 0 Å². The van der Waals surface area contributed by atoms with Crippen LogP contribution < -0.4 is 0 Å². The Morgan fingerprint density at radius 3 is 2.93 bits per heavy atom. The summed E-state index contributed by atoms with van der Waals surface area (Å²) in [6.45, 7) is 1.82. The van der Waals surface area contributed by atoms with Gasteiger partial charge in [-0.25, -0.2) is 4.98 Å². The summed E-state index contributed by atoms with van der Waals surface area (Å²) in [4.78, 5) is 14.5. The zero-order valence-corrected chi connectivity index (χ0v) is 9.48. The minimum absolute atomic E-state index is 0.0475. The summed E-state index contributed by atoms with van der Waals surface area (Å²) in [6, 6.07) is 5.10. The number of fused-ring (bicyclic) bond motifs is 1. The summed E-state index contributed by atoms with van der Waals surface area (Å²) >= 11 is 3.40. The lowest BCUT2D eigenvalue weighted by molar-refractivity contribution is -0.383. The average Bonchev–Trinajstić information content (AvgIpc) is 2.23. The van der Waals surface area contributed by atoms with E-state index in [-0.39, 0.29) is 5.69 Å². The van der Waals surface area contributed by atoms with Gasteiger partial charge in [0.25, 0.3) is 5.69 Å². The minimum Gasteiger partial charge on any atom is -0.258 e. The molecule has 2 aromatic rings. The van der Waals surface area contributed by atoms with Crippen LogP contribution in [-0.2, 0) is 0 Å². The molecule has 0 atom stereocenters. The summed E-state index contributed by atoms with van der Waals surface area (Å²) < 4.78 is 0.858. The number of hydrogen-bond acceptors (Lipinski definition) is 3. The predicted octanol–water partition coefficient (Wildman–Crippen LogP) is 3.21. The van der Waals surface area contributed by atoms with Crippen molar-refractivity contribution in [3.05, 3.63) is 44.5 Å². The first-order chi connectivity index (χ1) is 7.11. The number of nitro groups is 1. The van der Waals surface area contributed by atoms with Crippen LogP contribution in [0.25, 0.3) is 10.9 Å². The van der Waals surface area contributed by atoms with Crippen molar-refractivity contribution in [2.75, 3.05) is 0 Å². The van der Waals surface area contributed by atoms with Crippen LogP contribution in [0.4, 0.5) is 5.69 Å². The van der Waals surface area contributed by atoms with E-state index in [1.165, 1.54) is 6.07 Å². The third-order valence-electron chi connectivity index (χ3n) is 2.18. The van der Waals surface area contributed by atoms with Crippen molar-refractivity contribution in [1.82, 2.24) is 4.98 Å². The van der Waals surface area contributed by atoms with E-state index in [9.17, 15) is 10.1 Å². The Morgan fingerprint density at radius 1 is 1.53 bits per heavy atom. The zero-order valence-electron chi connectivity index (χ0n) is 7.90. The van der Waals surface area contributed by atoms with Gasteiger partial charge in [-0.05, 0) is 40.5 Å². The number of aryl methyl sites for hydroxylation is 1. The van der Waals surface area contributed by atoms with Gasteiger partial charge in [0.15, 0.2) is 0 Å². The van der Waals surface area contributed by atoms with Crippen molar-refractivity contribution in [3.63, 3.8) is 0 Å². The SMILES string of the molecule is Cc1cc([N+](=O)[O-])c2ncccc2c1Br. The molecule has 0 saturated heterocycles. The molecule has 0 bridgehead atoms. The summed E-state index contributed by atoms with van der Waals surface area (Å²) in [5.41, 5.74) is 1.30. The molecule has 0 radical (unpaired) electrons. The second-order valence-corrected chi connectivity index (χ2v) is 3.98. The van der Waals surface area contributed by atoms with Gasteiger partial charge in [0.1, 0.15) is 5.52 Å². The standard InChI is InChI=1S/C10H7BrN2O2/c1-6-5-8(13(14)15)10-7(9(6)11)3-2-4-12-10/h2-5H,1H3. The van der Waals surface area contributed by atoms with Crippen LogP contribution in [0, 0.1) is 17.0 Å². The van der Waals surface area contributed by atoms with Crippen molar-refractivity contribution in [2.45, 2.75) is 6.92 Å². The number of nitro benzene ring substituents is 1. The van der Waals surface area contributed by atoms with Crippen LogP contribution >= 0.6 is 15.9 Å². The van der Waals surface area contributed by atoms with Gasteiger partial charge < -0.3 is 0 Å². The normalized spacial score (nSPS) is 10.5. The highest BCUT2D eigenvalue weighted by Gasteiger charge is 2.16. The second-order valence-electron chi connectivity index (χ2n) is 3.18. The lowest BCUT2D eigenvalue weighted by Gasteiger charge is -2.03. The van der Waals surface area contributed by atoms with Crippen molar-refractivity contribution in [2.24, 2.45) is 0 Å². The number of benzene rings is 1. The van der Waals surface area contributed by atoms with Gasteiger partial charge in [0.2, 0.25) is 0 Å². The fourth-order valence-corrected chi connectivity index (χ4v) is 1.91. The highest BCUT2D eigenvalue weighted by molar-refractivity contribution is 9.10. The quantitative estimate of drug-likeness (QED) is 0.588. The number of non-ortho nitro benzene ring substituents is 1. The van der Waals surface area contributed by atoms with Gasteiger partial charge in [-0.1, -0.05) is 0 Å². The molecule has 1 aromatic heterocycles. The molecule has 0 unspecified atom stereocenters. The molecule has 0 saturated carbocycles. The molecular weight excluding hydrogens is 260 g/mol. The molecule has 0 aliphatic rings. The lowest BCUT2D eigenvalue weighted by Crippen LogP contribution is -1.93. The van der Waals surface area contributed by atoms with Crippen LogP contribution in [0.2, 0.25) is 0 Å². The van der Waals surface area contributed by atoms with Gasteiger partial charge in [0, 0.05) is 22.1 Å². The summed E-state index contributed by atoms with van der Waals surface area (Å²) in [5, 5.41) is 11.6. The fraction of sp³-hybridized carbons (Fsp3) is 0.100. The first-order valence-electron chi connectivity index (χ1n) is 4.29. The Bertz CT molecular complexity index is 554. The molecule has 5 heteroatoms. The van der Waals surface area contributed by atoms with E-state index in [1.54, 1.807) is 12.3 Å². The van der Waals surface area contributed by atoms with E-state index in [1.807, 2.05) is 13.0 Å². The van der Waals surface area contributed by atoms with Crippen molar-refractivity contribution < 1.29 is 4.92 Å².